The summed E-state index contributed by atoms with van der Waals surface area (Å²) < 4.78 is 0. The van der Waals surface area contributed by atoms with E-state index in [1.165, 1.54) is 22.7 Å². The van der Waals surface area contributed by atoms with Crippen LogP contribution in [0.4, 0.5) is 10.9 Å². The van der Waals surface area contributed by atoms with E-state index in [1.807, 2.05) is 29.6 Å². The van der Waals surface area contributed by atoms with E-state index >= 15 is 0 Å². The van der Waals surface area contributed by atoms with Crippen molar-refractivity contribution in [2.75, 3.05) is 5.32 Å². The molecule has 30 heavy (non-hydrogen) atoms. The third-order valence-electron chi connectivity index (χ3n) is 4.90. The smallest absolute Gasteiger partial charge is 0.339 e. The minimum Gasteiger partial charge on any atom is -0.508 e. The third-order valence-corrected chi connectivity index (χ3v) is 6.85. The van der Waals surface area contributed by atoms with Gasteiger partial charge in [-0.1, -0.05) is 17.4 Å². The summed E-state index contributed by atoms with van der Waals surface area (Å²) in [4.78, 5) is 23.0. The van der Waals surface area contributed by atoms with Crippen LogP contribution >= 0.6 is 22.7 Å². The number of pyridine rings is 1. The highest BCUT2D eigenvalue weighted by molar-refractivity contribution is 7.19. The molecule has 0 spiro atoms. The number of benzene rings is 1. The molecule has 1 aliphatic rings. The second-order valence-corrected chi connectivity index (χ2v) is 9.03. The summed E-state index contributed by atoms with van der Waals surface area (Å²) in [7, 11) is 0. The molecular formula is C22H17N3O3S2. The molecular weight excluding hydrogens is 418 g/mol. The lowest BCUT2D eigenvalue weighted by molar-refractivity contribution is 0.0697. The molecule has 1 fully saturated rings. The Morgan fingerprint density at radius 3 is 2.60 bits per heavy atom. The minimum atomic E-state index is -1.04. The number of phenolic OH excluding ortho intramolecular Hbond substituents is 1. The van der Waals surface area contributed by atoms with Gasteiger partial charge in [0.15, 0.2) is 5.13 Å². The normalized spacial score (nSPS) is 13.3. The van der Waals surface area contributed by atoms with E-state index in [0.29, 0.717) is 11.0 Å². The highest BCUT2D eigenvalue weighted by atomic mass is 32.1. The van der Waals surface area contributed by atoms with Crippen molar-refractivity contribution >= 4 is 39.6 Å². The molecule has 3 aromatic heterocycles. The number of carbonyl (C=O) groups is 1. The highest BCUT2D eigenvalue weighted by Gasteiger charge is 2.30. The molecule has 5 rings (SSSR count). The lowest BCUT2D eigenvalue weighted by atomic mass is 10.1. The van der Waals surface area contributed by atoms with Crippen molar-refractivity contribution in [2.24, 2.45) is 0 Å². The van der Waals surface area contributed by atoms with Crippen LogP contribution in [0.2, 0.25) is 0 Å². The molecule has 0 radical (unpaired) electrons. The summed E-state index contributed by atoms with van der Waals surface area (Å²) in [6, 6.07) is 12.6. The molecule has 1 aromatic carbocycles. The molecule has 0 bridgehead atoms. The molecule has 0 amide bonds. The van der Waals surface area contributed by atoms with Crippen LogP contribution in [0.25, 0.3) is 20.9 Å². The Balaban J connectivity index is 1.50. The number of thiazole rings is 1. The first kappa shape index (κ1) is 18.8. The highest BCUT2D eigenvalue weighted by Crippen LogP contribution is 2.47. The molecule has 3 heterocycles. The van der Waals surface area contributed by atoms with Crippen LogP contribution in [0, 0.1) is 0 Å². The van der Waals surface area contributed by atoms with E-state index in [0.717, 1.165) is 39.4 Å². The standard InChI is InChI=1S/C22H17N3O3S2/c26-15-7-5-13(6-8-15)19-18(12-3-4-12)24-22(30-19)25-20-16(21(27)28)10-14(11-23-20)17-2-1-9-29-17/h1-2,5-12,26H,3-4H2,(H,27,28)(H,23,24,25). The van der Waals surface area contributed by atoms with Crippen molar-refractivity contribution in [3.63, 3.8) is 0 Å². The number of thiophene rings is 1. The summed E-state index contributed by atoms with van der Waals surface area (Å²) >= 11 is 3.01. The second-order valence-electron chi connectivity index (χ2n) is 7.08. The van der Waals surface area contributed by atoms with Crippen LogP contribution in [0.1, 0.15) is 34.8 Å². The fourth-order valence-electron chi connectivity index (χ4n) is 3.24. The third kappa shape index (κ3) is 3.67. The lowest BCUT2D eigenvalue weighted by Crippen LogP contribution is -2.05. The summed E-state index contributed by atoms with van der Waals surface area (Å²) in [5, 5.41) is 25.0. The first-order chi connectivity index (χ1) is 14.6. The molecule has 1 aliphatic carbocycles. The van der Waals surface area contributed by atoms with Gasteiger partial charge >= 0.3 is 5.97 Å². The number of aromatic nitrogens is 2. The van der Waals surface area contributed by atoms with E-state index in [9.17, 15) is 15.0 Å². The maximum atomic E-state index is 11.9. The Morgan fingerprint density at radius 2 is 1.93 bits per heavy atom. The maximum Gasteiger partial charge on any atom is 0.339 e. The fourth-order valence-corrected chi connectivity index (χ4v) is 5.01. The van der Waals surface area contributed by atoms with Gasteiger partial charge in [0, 0.05) is 22.6 Å². The fraction of sp³-hybridized carbons (Fsp3) is 0.136. The van der Waals surface area contributed by atoms with Crippen LogP contribution in [0.15, 0.2) is 54.0 Å². The molecule has 0 atom stereocenters. The molecule has 0 unspecified atom stereocenters. The van der Waals surface area contributed by atoms with E-state index < -0.39 is 5.97 Å². The van der Waals surface area contributed by atoms with Gasteiger partial charge in [0.25, 0.3) is 0 Å². The molecule has 3 N–H and O–H groups in total. The average Bonchev–Trinajstić information content (AvgIpc) is 3.27. The van der Waals surface area contributed by atoms with Crippen LogP contribution in [0.3, 0.4) is 0 Å². The predicted molar refractivity (Wildman–Crippen MR) is 119 cm³/mol. The molecule has 6 nitrogen and oxygen atoms in total. The summed E-state index contributed by atoms with van der Waals surface area (Å²) in [6.07, 6.45) is 3.88. The van der Waals surface area contributed by atoms with Crippen molar-refractivity contribution in [3.8, 4) is 26.6 Å². The summed E-state index contributed by atoms with van der Waals surface area (Å²) in [6.45, 7) is 0. The van der Waals surface area contributed by atoms with E-state index in [1.54, 1.807) is 24.4 Å². The largest absolute Gasteiger partial charge is 0.508 e. The lowest BCUT2D eigenvalue weighted by Gasteiger charge is -2.07. The van der Waals surface area contributed by atoms with Gasteiger partial charge in [-0.05, 0) is 60.2 Å². The zero-order valence-electron chi connectivity index (χ0n) is 15.7. The van der Waals surface area contributed by atoms with Gasteiger partial charge in [0.1, 0.15) is 17.1 Å². The Hall–Kier alpha value is -3.23. The molecule has 1 saturated carbocycles. The number of hydrogen-bond acceptors (Lipinski definition) is 7. The zero-order chi connectivity index (χ0) is 20.7. The zero-order valence-corrected chi connectivity index (χ0v) is 17.3. The molecule has 8 heteroatoms. The van der Waals surface area contributed by atoms with Crippen molar-refractivity contribution in [1.82, 2.24) is 9.97 Å². The summed E-state index contributed by atoms with van der Waals surface area (Å²) in [5.74, 6) is -0.123. The van der Waals surface area contributed by atoms with Gasteiger partial charge < -0.3 is 15.5 Å². The monoisotopic (exact) mass is 435 g/mol. The Labute approximate surface area is 180 Å². The number of carboxylic acids is 1. The molecule has 0 aliphatic heterocycles. The van der Waals surface area contributed by atoms with Gasteiger partial charge in [-0.3, -0.25) is 0 Å². The van der Waals surface area contributed by atoms with E-state index in [-0.39, 0.29) is 17.1 Å². The number of rotatable bonds is 6. The van der Waals surface area contributed by atoms with Gasteiger partial charge in [0.05, 0.1) is 10.6 Å². The number of aromatic carboxylic acids is 1. The van der Waals surface area contributed by atoms with E-state index in [2.05, 4.69) is 10.3 Å². The topological polar surface area (TPSA) is 95.3 Å². The van der Waals surface area contributed by atoms with Crippen LogP contribution in [-0.2, 0) is 0 Å². The molecule has 4 aromatic rings. The number of hydrogen-bond donors (Lipinski definition) is 3. The Morgan fingerprint density at radius 1 is 1.13 bits per heavy atom. The van der Waals surface area contributed by atoms with Crippen molar-refractivity contribution < 1.29 is 15.0 Å². The van der Waals surface area contributed by atoms with Gasteiger partial charge in [-0.15, -0.1) is 11.3 Å². The average molecular weight is 436 g/mol. The maximum absolute atomic E-state index is 11.9. The number of carboxylic acid groups (broad SMARTS) is 1. The molecule has 0 saturated heterocycles. The molecule has 150 valence electrons. The van der Waals surface area contributed by atoms with Crippen molar-refractivity contribution in [3.05, 3.63) is 65.3 Å². The van der Waals surface area contributed by atoms with Crippen LogP contribution in [0.5, 0.6) is 5.75 Å². The minimum absolute atomic E-state index is 0.107. The van der Waals surface area contributed by atoms with Gasteiger partial charge in [-0.2, -0.15) is 0 Å². The SMILES string of the molecule is O=C(O)c1cc(-c2cccs2)cnc1Nc1nc(C2CC2)c(-c2ccc(O)cc2)s1. The van der Waals surface area contributed by atoms with Crippen LogP contribution < -0.4 is 5.32 Å². The van der Waals surface area contributed by atoms with Gasteiger partial charge in [0.2, 0.25) is 0 Å². The summed E-state index contributed by atoms with van der Waals surface area (Å²) in [5.41, 5.74) is 2.88. The van der Waals surface area contributed by atoms with Crippen LogP contribution in [-0.4, -0.2) is 26.2 Å². The number of anilines is 2. The first-order valence-corrected chi connectivity index (χ1v) is 11.1. The predicted octanol–water partition coefficient (Wildman–Crippen LogP) is 5.96. The number of nitrogens with zero attached hydrogens (tertiary/aromatic N) is 2. The Bertz CT molecular complexity index is 1210. The number of phenols is 1. The second kappa shape index (κ2) is 7.55. The Kier molecular flexibility index (Phi) is 4.72. The van der Waals surface area contributed by atoms with Gasteiger partial charge in [-0.25, -0.2) is 14.8 Å². The quantitative estimate of drug-likeness (QED) is 0.346. The van der Waals surface area contributed by atoms with E-state index in [4.69, 9.17) is 4.98 Å². The number of nitrogens with one attached hydrogen (secondary N) is 1. The van der Waals surface area contributed by atoms with Crippen molar-refractivity contribution in [2.45, 2.75) is 18.8 Å². The van der Waals surface area contributed by atoms with Crippen molar-refractivity contribution in [1.29, 1.82) is 0 Å². The first-order valence-electron chi connectivity index (χ1n) is 9.43. The number of aromatic hydroxyl groups is 1.